The monoisotopic (exact) mass is 339 g/mol. The van der Waals surface area contributed by atoms with Crippen LogP contribution in [-0.4, -0.2) is 17.1 Å². The van der Waals surface area contributed by atoms with Gasteiger partial charge in [0.2, 0.25) is 11.2 Å². The first kappa shape index (κ1) is 13.6. The van der Waals surface area contributed by atoms with Crippen molar-refractivity contribution in [1.82, 2.24) is 9.97 Å². The fourth-order valence-electron chi connectivity index (χ4n) is 1.33. The molecule has 0 radical (unpaired) electrons. The molecule has 2 aromatic rings. The van der Waals surface area contributed by atoms with E-state index >= 15 is 0 Å². The van der Waals surface area contributed by atoms with E-state index in [1.165, 1.54) is 13.3 Å². The van der Waals surface area contributed by atoms with Gasteiger partial charge >= 0.3 is 0 Å². The Kier molecular flexibility index (Phi) is 4.20. The summed E-state index contributed by atoms with van der Waals surface area (Å²) in [4.78, 5) is 7.75. The first-order chi connectivity index (χ1) is 9.13. The molecule has 5 nitrogen and oxygen atoms in total. The SMILES string of the molecule is COc1cc(C#N)ccc1Oc1nc(Cl)ncc1Br. The summed E-state index contributed by atoms with van der Waals surface area (Å²) in [5.41, 5.74) is 0.476. The molecule has 0 atom stereocenters. The van der Waals surface area contributed by atoms with E-state index < -0.39 is 0 Å². The van der Waals surface area contributed by atoms with Gasteiger partial charge in [-0.15, -0.1) is 0 Å². The molecule has 1 aromatic carbocycles. The van der Waals surface area contributed by atoms with Gasteiger partial charge in [-0.2, -0.15) is 10.2 Å². The van der Waals surface area contributed by atoms with E-state index in [2.05, 4.69) is 25.9 Å². The van der Waals surface area contributed by atoms with Gasteiger partial charge in [-0.05, 0) is 39.7 Å². The highest BCUT2D eigenvalue weighted by Crippen LogP contribution is 2.34. The summed E-state index contributed by atoms with van der Waals surface area (Å²) >= 11 is 8.97. The Hall–Kier alpha value is -1.84. The van der Waals surface area contributed by atoms with Gasteiger partial charge < -0.3 is 9.47 Å². The number of hydrogen-bond acceptors (Lipinski definition) is 5. The Labute approximate surface area is 122 Å². The van der Waals surface area contributed by atoms with Crippen molar-refractivity contribution in [1.29, 1.82) is 5.26 Å². The highest BCUT2D eigenvalue weighted by Gasteiger charge is 2.11. The molecule has 0 bridgehead atoms. The van der Waals surface area contributed by atoms with Crippen LogP contribution in [0.15, 0.2) is 28.9 Å². The summed E-state index contributed by atoms with van der Waals surface area (Å²) in [5.74, 6) is 1.13. The maximum Gasteiger partial charge on any atom is 0.238 e. The van der Waals surface area contributed by atoms with E-state index in [0.29, 0.717) is 21.5 Å². The fourth-order valence-corrected chi connectivity index (χ4v) is 1.73. The van der Waals surface area contributed by atoms with Crippen molar-refractivity contribution in [3.05, 3.63) is 39.7 Å². The van der Waals surface area contributed by atoms with Crippen molar-refractivity contribution in [2.75, 3.05) is 7.11 Å². The number of aromatic nitrogens is 2. The molecule has 1 heterocycles. The largest absolute Gasteiger partial charge is 0.493 e. The van der Waals surface area contributed by atoms with Crippen molar-refractivity contribution >= 4 is 27.5 Å². The third-order valence-corrected chi connectivity index (χ3v) is 2.91. The number of rotatable bonds is 3. The zero-order chi connectivity index (χ0) is 13.8. The second-order valence-corrected chi connectivity index (χ2v) is 4.56. The van der Waals surface area contributed by atoms with Crippen molar-refractivity contribution in [3.63, 3.8) is 0 Å². The molecule has 19 heavy (non-hydrogen) atoms. The Bertz CT molecular complexity index is 658. The van der Waals surface area contributed by atoms with Gasteiger partial charge in [-0.25, -0.2) is 4.98 Å². The lowest BCUT2D eigenvalue weighted by Crippen LogP contribution is -1.95. The molecule has 0 unspecified atom stereocenters. The average molecular weight is 341 g/mol. The van der Waals surface area contributed by atoms with Gasteiger partial charge in [0.1, 0.15) is 0 Å². The maximum absolute atomic E-state index is 8.83. The van der Waals surface area contributed by atoms with Crippen molar-refractivity contribution in [3.8, 4) is 23.4 Å². The minimum absolute atomic E-state index is 0.0748. The first-order valence-corrected chi connectivity index (χ1v) is 6.25. The average Bonchev–Trinajstić information content (AvgIpc) is 2.43. The van der Waals surface area contributed by atoms with Gasteiger partial charge in [0, 0.05) is 12.3 Å². The second kappa shape index (κ2) is 5.87. The lowest BCUT2D eigenvalue weighted by atomic mass is 10.2. The Morgan fingerprint density at radius 1 is 1.37 bits per heavy atom. The van der Waals surface area contributed by atoms with E-state index in [4.69, 9.17) is 26.3 Å². The van der Waals surface area contributed by atoms with E-state index in [1.54, 1.807) is 18.2 Å². The third kappa shape index (κ3) is 3.13. The topological polar surface area (TPSA) is 68.0 Å². The number of benzene rings is 1. The molecule has 1 aromatic heterocycles. The van der Waals surface area contributed by atoms with Gasteiger partial charge in [-0.3, -0.25) is 0 Å². The number of nitriles is 1. The molecule has 0 saturated heterocycles. The minimum Gasteiger partial charge on any atom is -0.493 e. The Morgan fingerprint density at radius 3 is 2.84 bits per heavy atom. The molecule has 0 amide bonds. The standard InChI is InChI=1S/C12H7BrClN3O2/c1-18-10-4-7(5-15)2-3-9(10)19-11-8(13)6-16-12(14)17-11/h2-4,6H,1H3. The van der Waals surface area contributed by atoms with Gasteiger partial charge in [0.15, 0.2) is 11.5 Å². The van der Waals surface area contributed by atoms with Crippen molar-refractivity contribution in [2.45, 2.75) is 0 Å². The predicted octanol–water partition coefficient (Wildman–Crippen LogP) is 3.57. The van der Waals surface area contributed by atoms with Gasteiger partial charge in [-0.1, -0.05) is 0 Å². The van der Waals surface area contributed by atoms with Crippen LogP contribution in [0.3, 0.4) is 0 Å². The predicted molar refractivity (Wildman–Crippen MR) is 72.5 cm³/mol. The zero-order valence-electron chi connectivity index (χ0n) is 9.72. The lowest BCUT2D eigenvalue weighted by molar-refractivity contribution is 0.373. The van der Waals surface area contributed by atoms with Crippen LogP contribution in [0, 0.1) is 11.3 Å². The smallest absolute Gasteiger partial charge is 0.238 e. The summed E-state index contributed by atoms with van der Waals surface area (Å²) in [6, 6.07) is 6.84. The van der Waals surface area contributed by atoms with Crippen LogP contribution in [0.2, 0.25) is 5.28 Å². The molecule has 0 fully saturated rings. The summed E-state index contributed by atoms with van der Waals surface area (Å²) < 4.78 is 11.3. The molecule has 0 aliphatic heterocycles. The van der Waals surface area contributed by atoms with Crippen LogP contribution >= 0.6 is 27.5 Å². The van der Waals surface area contributed by atoms with Crippen molar-refractivity contribution in [2.24, 2.45) is 0 Å². The van der Waals surface area contributed by atoms with Crippen molar-refractivity contribution < 1.29 is 9.47 Å². The summed E-state index contributed by atoms with van der Waals surface area (Å²) in [6.07, 6.45) is 1.49. The number of ether oxygens (including phenoxy) is 2. The van der Waals surface area contributed by atoms with E-state index in [0.717, 1.165) is 0 Å². The van der Waals surface area contributed by atoms with Gasteiger partial charge in [0.05, 0.1) is 23.2 Å². The Balaban J connectivity index is 2.38. The second-order valence-electron chi connectivity index (χ2n) is 3.37. The molecule has 0 N–H and O–H groups in total. The molecular weight excluding hydrogens is 334 g/mol. The maximum atomic E-state index is 8.83. The molecule has 0 aliphatic rings. The van der Waals surface area contributed by atoms with Crippen LogP contribution in [0.1, 0.15) is 5.56 Å². The highest BCUT2D eigenvalue weighted by atomic mass is 79.9. The molecule has 96 valence electrons. The molecule has 0 saturated carbocycles. The van der Waals surface area contributed by atoms with E-state index in [1.807, 2.05) is 6.07 Å². The highest BCUT2D eigenvalue weighted by molar-refractivity contribution is 9.10. The number of hydrogen-bond donors (Lipinski definition) is 0. The van der Waals surface area contributed by atoms with Crippen LogP contribution in [-0.2, 0) is 0 Å². The van der Waals surface area contributed by atoms with E-state index in [9.17, 15) is 0 Å². The van der Waals surface area contributed by atoms with Crippen LogP contribution < -0.4 is 9.47 Å². The molecule has 2 rings (SSSR count). The van der Waals surface area contributed by atoms with Crippen LogP contribution in [0.25, 0.3) is 0 Å². The Morgan fingerprint density at radius 2 is 2.16 bits per heavy atom. The third-order valence-electron chi connectivity index (χ3n) is 2.18. The molecule has 0 aliphatic carbocycles. The summed E-state index contributed by atoms with van der Waals surface area (Å²) in [6.45, 7) is 0. The number of methoxy groups -OCH3 is 1. The quantitative estimate of drug-likeness (QED) is 0.799. The molecule has 7 heteroatoms. The summed E-state index contributed by atoms with van der Waals surface area (Å²) in [5, 5.41) is 8.90. The normalized spacial score (nSPS) is 9.79. The van der Waals surface area contributed by atoms with E-state index in [-0.39, 0.29) is 11.2 Å². The lowest BCUT2D eigenvalue weighted by Gasteiger charge is -2.10. The summed E-state index contributed by atoms with van der Waals surface area (Å²) in [7, 11) is 1.49. The molecular formula is C12H7BrClN3O2. The van der Waals surface area contributed by atoms with Crippen LogP contribution in [0.5, 0.6) is 17.4 Å². The number of nitrogens with zero attached hydrogens (tertiary/aromatic N) is 3. The first-order valence-electron chi connectivity index (χ1n) is 5.08. The van der Waals surface area contributed by atoms with Crippen LogP contribution in [0.4, 0.5) is 0 Å². The fraction of sp³-hybridized carbons (Fsp3) is 0.0833. The minimum atomic E-state index is 0.0748. The number of halogens is 2. The van der Waals surface area contributed by atoms with Gasteiger partial charge in [0.25, 0.3) is 0 Å². The molecule has 0 spiro atoms. The zero-order valence-corrected chi connectivity index (χ0v) is 12.1.